The summed E-state index contributed by atoms with van der Waals surface area (Å²) in [5.41, 5.74) is 11.6. The van der Waals surface area contributed by atoms with Crippen molar-refractivity contribution in [2.75, 3.05) is 55.7 Å². The van der Waals surface area contributed by atoms with Crippen LogP contribution >= 0.6 is 21.6 Å². The summed E-state index contributed by atoms with van der Waals surface area (Å²) in [6.45, 7) is 8.82. The molecule has 0 spiro atoms. The molecule has 566 valence electrons. The fraction of sp³-hybridized carbons (Fsp3) is 0.390. The highest BCUT2D eigenvalue weighted by molar-refractivity contribution is 8.76. The summed E-state index contributed by atoms with van der Waals surface area (Å²) in [6.07, 6.45) is 12.2. The summed E-state index contributed by atoms with van der Waals surface area (Å²) in [7, 11) is 1.97. The van der Waals surface area contributed by atoms with E-state index in [1.54, 1.807) is 24.3 Å². The van der Waals surface area contributed by atoms with Gasteiger partial charge in [-0.3, -0.25) is 53.4 Å². The zero-order chi connectivity index (χ0) is 77.3. The molecule has 5 aromatic rings. The highest BCUT2D eigenvalue weighted by Crippen LogP contribution is 2.51. The lowest BCUT2D eigenvalue weighted by Gasteiger charge is -2.30. The van der Waals surface area contributed by atoms with Gasteiger partial charge in [-0.25, -0.2) is 4.79 Å². The van der Waals surface area contributed by atoms with Gasteiger partial charge in [0.15, 0.2) is 18.2 Å². The predicted molar refractivity (Wildman–Crippen MR) is 409 cm³/mol. The molecule has 15 N–H and O–H groups in total. The van der Waals surface area contributed by atoms with Crippen molar-refractivity contribution in [2.45, 2.75) is 139 Å². The number of carbonyl (C=O) groups is 11. The molecular weight excluding hydrogens is 1410 g/mol. The van der Waals surface area contributed by atoms with Gasteiger partial charge in [-0.2, -0.15) is 4.58 Å². The molecule has 4 heterocycles. The van der Waals surface area contributed by atoms with Gasteiger partial charge in [0.2, 0.25) is 52.9 Å². The highest BCUT2D eigenvalue weighted by atomic mass is 33.1. The number of hydrogen-bond donors (Lipinski definition) is 14. The first-order valence-corrected chi connectivity index (χ1v) is 37.8. The Morgan fingerprint density at radius 3 is 2.07 bits per heavy atom. The summed E-state index contributed by atoms with van der Waals surface area (Å²) in [5, 5.41) is 72.6. The number of aryl methyl sites for hydroxylation is 1. The molecule has 2 fully saturated rings. The first-order chi connectivity index (χ1) is 51.1. The molecule has 0 aromatic heterocycles. The third kappa shape index (κ3) is 20.2. The molecule has 0 aliphatic carbocycles. The number of anilines is 1. The number of aliphatic carboxylic acids is 3. The molecule has 0 saturated carbocycles. The van der Waals surface area contributed by atoms with Crippen LogP contribution in [-0.2, 0) is 70.0 Å². The van der Waals surface area contributed by atoms with Crippen molar-refractivity contribution in [3.05, 3.63) is 168 Å². The lowest BCUT2D eigenvalue weighted by molar-refractivity contribution is -0.436. The molecule has 9 rings (SSSR count). The fourth-order valence-corrected chi connectivity index (χ4v) is 16.3. The number of carboxylic acids is 3. The molecular formula is C77H92N13O15S2+. The van der Waals surface area contributed by atoms with E-state index in [1.807, 2.05) is 98.0 Å². The van der Waals surface area contributed by atoms with Crippen LogP contribution in [0.3, 0.4) is 0 Å². The van der Waals surface area contributed by atoms with E-state index in [2.05, 4.69) is 104 Å². The van der Waals surface area contributed by atoms with Crippen molar-refractivity contribution in [3.8, 4) is 0 Å². The first-order valence-electron chi connectivity index (χ1n) is 35.3. The maximum Gasteiger partial charge on any atom is 0.326 e. The maximum atomic E-state index is 14.6. The van der Waals surface area contributed by atoms with Crippen LogP contribution < -0.4 is 53.2 Å². The predicted octanol–water partition coefficient (Wildman–Crippen LogP) is 4.36. The van der Waals surface area contributed by atoms with Gasteiger partial charge in [-0.05, 0) is 97.3 Å². The number of nitrogens with two attached hydrogens (primary N) is 1. The van der Waals surface area contributed by atoms with Crippen molar-refractivity contribution < 1.29 is 77.7 Å². The van der Waals surface area contributed by atoms with Crippen molar-refractivity contribution in [2.24, 2.45) is 5.73 Å². The fourth-order valence-electron chi connectivity index (χ4n) is 14.0. The van der Waals surface area contributed by atoms with Crippen LogP contribution in [0.4, 0.5) is 11.4 Å². The van der Waals surface area contributed by atoms with E-state index in [0.717, 1.165) is 87.5 Å². The molecule has 107 heavy (non-hydrogen) atoms. The van der Waals surface area contributed by atoms with E-state index < -0.39 is 144 Å². The number of nitrogens with one attached hydrogen (secondary N) is 9. The quantitative estimate of drug-likeness (QED) is 0.0108. The minimum absolute atomic E-state index is 0.0258. The monoisotopic (exact) mass is 1500 g/mol. The molecule has 0 radical (unpaired) electrons. The number of benzene rings is 5. The Morgan fingerprint density at radius 1 is 0.729 bits per heavy atom. The number of amides is 8. The second-order valence-electron chi connectivity index (χ2n) is 27.6. The third-order valence-corrected chi connectivity index (χ3v) is 21.7. The summed E-state index contributed by atoms with van der Waals surface area (Å²) < 4.78 is 2.08. The van der Waals surface area contributed by atoms with E-state index in [4.69, 9.17) is 11.1 Å². The number of nitrogens with zero attached hydrogens (tertiary/aromatic N) is 3. The van der Waals surface area contributed by atoms with Gasteiger partial charge in [0.25, 0.3) is 0 Å². The molecule has 7 unspecified atom stereocenters. The molecule has 7 atom stereocenters. The molecule has 28 nitrogen and oxygen atoms in total. The second-order valence-corrected chi connectivity index (χ2v) is 30.2. The van der Waals surface area contributed by atoms with Crippen molar-refractivity contribution >= 4 is 131 Å². The van der Waals surface area contributed by atoms with Crippen LogP contribution in [0.1, 0.15) is 94.9 Å². The minimum Gasteiger partial charge on any atom is -0.481 e. The van der Waals surface area contributed by atoms with Crippen LogP contribution in [0.5, 0.6) is 0 Å². The van der Waals surface area contributed by atoms with Gasteiger partial charge in [-0.1, -0.05) is 150 Å². The van der Waals surface area contributed by atoms with Gasteiger partial charge in [0.1, 0.15) is 48.7 Å². The Balaban J connectivity index is 0.986. The Hall–Kier alpha value is -10.8. The van der Waals surface area contributed by atoms with E-state index in [1.165, 1.54) is 0 Å². The standard InChI is InChI=1S/C77H91N13O15S2/c1-45-25-27-46(28-26-45)39-53(74(104)105)85-71(101)56-44-107-106-43-55(68(98)81-41-63(93)82-51(21-15-35-80-75(78)79)69(99)84-52(40-65(96)97)70(100)86-54(42-91)73(103)90-36-16-22-59(90)72(102)87-56)83-62(92)33-37-88-57-31-29-47-17-11-13-19-49(47)66(57)76(2,3)60(88)23-9-7-6-8-10-24-61-77(4,5)67-50-20-14-12-18-48(50)30-32-58(67)89(61)38-34-64(94)95/h6-14,17-20,23-32,51-56,59,91H,15-16,21-22,33-44H2,1-5H3,(H13-,78,79,80,81,82,83,84,85,86,87,92,93,94,95,96,97,98,99,100,101,102,104,105)/p+1. The Kier molecular flexibility index (Phi) is 27.3. The van der Waals surface area contributed by atoms with Gasteiger partial charge in [0.05, 0.1) is 25.0 Å². The largest absolute Gasteiger partial charge is 0.481 e. The number of hydrogen-bond acceptors (Lipinski definition) is 16. The van der Waals surface area contributed by atoms with E-state index >= 15 is 0 Å². The Labute approximate surface area is 626 Å². The van der Waals surface area contributed by atoms with Crippen LogP contribution in [-0.4, -0.2) is 200 Å². The number of aliphatic hydroxyl groups is 1. The van der Waals surface area contributed by atoms with Crippen molar-refractivity contribution in [1.82, 2.24) is 47.4 Å². The number of guanidine groups is 1. The first kappa shape index (κ1) is 80.3. The maximum absolute atomic E-state index is 14.6. The van der Waals surface area contributed by atoms with Crippen molar-refractivity contribution in [1.29, 1.82) is 5.41 Å². The average Bonchev–Trinajstić information content (AvgIpc) is 1.58. The normalized spacial score (nSPS) is 21.7. The second kappa shape index (κ2) is 36.4. The number of fused-ring (bicyclic) bond motifs is 7. The minimum atomic E-state index is -1.92. The van der Waals surface area contributed by atoms with Crippen molar-refractivity contribution in [3.63, 3.8) is 0 Å². The number of allylic oxidation sites excluding steroid dienone is 8. The Morgan fingerprint density at radius 2 is 1.38 bits per heavy atom. The van der Waals surface area contributed by atoms with Gasteiger partial charge in [0, 0.05) is 78.5 Å². The molecule has 4 aliphatic heterocycles. The van der Waals surface area contributed by atoms with Gasteiger partial charge >= 0.3 is 17.9 Å². The van der Waals surface area contributed by atoms with Crippen LogP contribution in [0.2, 0.25) is 0 Å². The SMILES string of the molecule is Cc1ccc(CC(NC(=O)C2CSSCC(NC(=O)CCN3/C(=C/C=C/C=C/C=C/C4=[N+](CCC(=O)O)c5ccc6ccccc6c5C4(C)C)C(C)(C)c4c3ccc3ccccc43)C(=O)NCC(=O)NC(CCCNC(=N)N)C(=O)NC(CC(=O)O)C(=O)NC(CO)C(=O)N3CCCC3C(=O)N2)C(=O)O)cc1. The smallest absolute Gasteiger partial charge is 0.326 e. The molecule has 8 amide bonds. The summed E-state index contributed by atoms with van der Waals surface area (Å²) >= 11 is 0. The molecule has 5 aromatic carbocycles. The number of rotatable bonds is 23. The lowest BCUT2D eigenvalue weighted by atomic mass is 9.79. The Bertz CT molecular complexity index is 4420. The van der Waals surface area contributed by atoms with E-state index in [9.17, 15) is 73.2 Å². The summed E-state index contributed by atoms with van der Waals surface area (Å²) in [4.78, 5) is 154. The number of aliphatic hydroxyl groups excluding tert-OH is 1. The van der Waals surface area contributed by atoms with Gasteiger partial charge < -0.3 is 78.5 Å². The molecule has 30 heteroatoms. The topological polar surface area (TPSA) is 424 Å². The molecule has 2 saturated heterocycles. The third-order valence-electron chi connectivity index (χ3n) is 19.3. The zero-order valence-electron chi connectivity index (χ0n) is 60.1. The van der Waals surface area contributed by atoms with Crippen LogP contribution in [0.15, 0.2) is 145 Å². The molecule has 4 aliphatic rings. The number of carbonyl (C=O) groups excluding carboxylic acids is 8. The molecule has 0 bridgehead atoms. The lowest BCUT2D eigenvalue weighted by Crippen LogP contribution is -2.60. The number of carboxylic acid groups (broad SMARTS) is 3. The van der Waals surface area contributed by atoms with Crippen LogP contribution in [0, 0.1) is 12.3 Å². The zero-order valence-corrected chi connectivity index (χ0v) is 61.8. The van der Waals surface area contributed by atoms with Gasteiger partial charge in [-0.15, -0.1) is 0 Å². The summed E-state index contributed by atoms with van der Waals surface area (Å²) in [5.74, 6) is -12.3. The van der Waals surface area contributed by atoms with E-state index in [-0.39, 0.29) is 82.6 Å². The summed E-state index contributed by atoms with van der Waals surface area (Å²) in [6, 6.07) is 20.3. The van der Waals surface area contributed by atoms with Crippen LogP contribution in [0.25, 0.3) is 21.5 Å². The average molecular weight is 1500 g/mol. The van der Waals surface area contributed by atoms with E-state index in [0.29, 0.717) is 5.56 Å². The highest BCUT2D eigenvalue weighted by Gasteiger charge is 2.47.